The molecule has 3 heterocycles. The topological polar surface area (TPSA) is 79.1 Å². The number of benzene rings is 1. The number of aromatic nitrogens is 1. The van der Waals surface area contributed by atoms with Crippen LogP contribution in [0.25, 0.3) is 11.3 Å². The number of rotatable bonds is 4. The predicted molar refractivity (Wildman–Crippen MR) is 100 cm³/mol. The van der Waals surface area contributed by atoms with Crippen molar-refractivity contribution in [3.63, 3.8) is 0 Å². The Morgan fingerprint density at radius 1 is 1.19 bits per heavy atom. The highest BCUT2D eigenvalue weighted by Crippen LogP contribution is 2.35. The molecule has 130 valence electrons. The molecule has 0 amide bonds. The van der Waals surface area contributed by atoms with Crippen LogP contribution in [0, 0.1) is 11.3 Å². The van der Waals surface area contributed by atoms with Gasteiger partial charge in [0, 0.05) is 42.9 Å². The molecule has 2 aromatic heterocycles. The summed E-state index contributed by atoms with van der Waals surface area (Å²) < 4.78 is 5.59. The zero-order valence-electron chi connectivity index (χ0n) is 14.5. The van der Waals surface area contributed by atoms with Crippen molar-refractivity contribution in [2.75, 3.05) is 18.8 Å². The van der Waals surface area contributed by atoms with Gasteiger partial charge in [0.15, 0.2) is 0 Å². The van der Waals surface area contributed by atoms with Crippen LogP contribution < -0.4 is 5.73 Å². The van der Waals surface area contributed by atoms with Crippen LogP contribution in [-0.4, -0.2) is 23.0 Å². The molecule has 2 N–H and O–H groups in total. The molecule has 0 saturated carbocycles. The number of nitrogens with two attached hydrogens (primary N) is 1. The van der Waals surface area contributed by atoms with E-state index in [0.29, 0.717) is 11.3 Å². The van der Waals surface area contributed by atoms with Crippen LogP contribution >= 0.6 is 0 Å². The highest BCUT2D eigenvalue weighted by molar-refractivity contribution is 5.76. The lowest BCUT2D eigenvalue weighted by molar-refractivity contribution is 0.255. The molecule has 0 atom stereocenters. The SMILES string of the molecule is N#Cc1c(N)nc2c(c1-c1ccco1)CN(CCc1ccccc1)CC2. The van der Waals surface area contributed by atoms with Crippen LogP contribution in [0.15, 0.2) is 53.1 Å². The summed E-state index contributed by atoms with van der Waals surface area (Å²) in [6, 6.07) is 16.4. The van der Waals surface area contributed by atoms with Gasteiger partial charge < -0.3 is 10.2 Å². The molecule has 4 rings (SSSR count). The van der Waals surface area contributed by atoms with Crippen molar-refractivity contribution in [3.05, 3.63) is 71.1 Å². The Hall–Kier alpha value is -3.10. The summed E-state index contributed by atoms with van der Waals surface area (Å²) in [7, 11) is 0. The number of pyridine rings is 1. The second-order valence-corrected chi connectivity index (χ2v) is 6.52. The van der Waals surface area contributed by atoms with Gasteiger partial charge >= 0.3 is 0 Å². The normalized spacial score (nSPS) is 14.0. The van der Waals surface area contributed by atoms with Crippen molar-refractivity contribution in [1.82, 2.24) is 9.88 Å². The molecule has 26 heavy (non-hydrogen) atoms. The smallest absolute Gasteiger partial charge is 0.142 e. The Bertz CT molecular complexity index is 942. The Labute approximate surface area is 152 Å². The van der Waals surface area contributed by atoms with Gasteiger partial charge in [-0.15, -0.1) is 0 Å². The van der Waals surface area contributed by atoms with Gasteiger partial charge in [0.05, 0.1) is 6.26 Å². The number of furan rings is 1. The van der Waals surface area contributed by atoms with E-state index in [9.17, 15) is 5.26 Å². The second-order valence-electron chi connectivity index (χ2n) is 6.52. The Balaban J connectivity index is 1.64. The summed E-state index contributed by atoms with van der Waals surface area (Å²) >= 11 is 0. The number of nitriles is 1. The molecule has 1 aromatic carbocycles. The van der Waals surface area contributed by atoms with Crippen molar-refractivity contribution in [2.24, 2.45) is 0 Å². The Morgan fingerprint density at radius 2 is 2.04 bits per heavy atom. The second kappa shape index (κ2) is 7.03. The molecule has 3 aromatic rings. The molecule has 1 aliphatic rings. The third-order valence-corrected chi connectivity index (χ3v) is 4.90. The molecule has 0 bridgehead atoms. The maximum atomic E-state index is 9.59. The minimum atomic E-state index is 0.287. The van der Waals surface area contributed by atoms with Crippen molar-refractivity contribution in [3.8, 4) is 17.4 Å². The first-order chi connectivity index (χ1) is 12.8. The highest BCUT2D eigenvalue weighted by atomic mass is 16.3. The van der Waals surface area contributed by atoms with E-state index >= 15 is 0 Å². The van der Waals surface area contributed by atoms with Crippen LogP contribution in [0.4, 0.5) is 5.82 Å². The standard InChI is InChI=1S/C21H20N4O/c22-13-16-20(19-7-4-12-26-19)17-14-25(11-9-18(17)24-21(16)23)10-8-15-5-2-1-3-6-15/h1-7,12H,8-11,14H2,(H2,23,24). The maximum Gasteiger partial charge on any atom is 0.142 e. The monoisotopic (exact) mass is 344 g/mol. The van der Waals surface area contributed by atoms with Gasteiger partial charge in [-0.3, -0.25) is 4.90 Å². The number of nitrogens with zero attached hydrogens (tertiary/aromatic N) is 3. The van der Waals surface area contributed by atoms with E-state index in [1.807, 2.05) is 18.2 Å². The minimum absolute atomic E-state index is 0.287. The van der Waals surface area contributed by atoms with Crippen molar-refractivity contribution < 1.29 is 4.42 Å². The van der Waals surface area contributed by atoms with Gasteiger partial charge in [-0.05, 0) is 24.1 Å². The molecule has 0 spiro atoms. The lowest BCUT2D eigenvalue weighted by Crippen LogP contribution is -2.33. The van der Waals surface area contributed by atoms with Gasteiger partial charge in [-0.1, -0.05) is 30.3 Å². The van der Waals surface area contributed by atoms with Gasteiger partial charge in [-0.2, -0.15) is 5.26 Å². The van der Waals surface area contributed by atoms with E-state index in [4.69, 9.17) is 10.2 Å². The predicted octanol–water partition coefficient (Wildman–Crippen LogP) is 3.40. The molecular formula is C21H20N4O. The van der Waals surface area contributed by atoms with Crippen LogP contribution in [0.1, 0.15) is 22.4 Å². The highest BCUT2D eigenvalue weighted by Gasteiger charge is 2.26. The molecule has 5 heteroatoms. The fourth-order valence-electron chi connectivity index (χ4n) is 3.56. The lowest BCUT2D eigenvalue weighted by atomic mass is 9.94. The minimum Gasteiger partial charge on any atom is -0.464 e. The van der Waals surface area contributed by atoms with E-state index in [1.54, 1.807) is 6.26 Å². The molecule has 0 aliphatic carbocycles. The molecule has 0 unspecified atom stereocenters. The molecule has 0 radical (unpaired) electrons. The number of anilines is 1. The number of nitrogen functional groups attached to an aromatic ring is 1. The Morgan fingerprint density at radius 3 is 2.77 bits per heavy atom. The number of fused-ring (bicyclic) bond motifs is 1. The van der Waals surface area contributed by atoms with Crippen LogP contribution in [0.5, 0.6) is 0 Å². The quantitative estimate of drug-likeness (QED) is 0.785. The Kier molecular flexibility index (Phi) is 4.42. The lowest BCUT2D eigenvalue weighted by Gasteiger charge is -2.30. The average molecular weight is 344 g/mol. The maximum absolute atomic E-state index is 9.59. The fourth-order valence-corrected chi connectivity index (χ4v) is 3.56. The van der Waals surface area contributed by atoms with Crippen LogP contribution in [-0.2, 0) is 19.4 Å². The zero-order valence-corrected chi connectivity index (χ0v) is 14.5. The molecule has 1 aliphatic heterocycles. The molecule has 0 saturated heterocycles. The summed E-state index contributed by atoms with van der Waals surface area (Å²) in [4.78, 5) is 6.90. The summed E-state index contributed by atoms with van der Waals surface area (Å²) in [6.07, 6.45) is 3.45. The van der Waals surface area contributed by atoms with E-state index in [0.717, 1.165) is 49.3 Å². The summed E-state index contributed by atoms with van der Waals surface area (Å²) in [6.45, 7) is 2.66. The summed E-state index contributed by atoms with van der Waals surface area (Å²) in [5.74, 6) is 0.965. The molecule has 0 fully saturated rings. The van der Waals surface area contributed by atoms with Crippen molar-refractivity contribution in [1.29, 1.82) is 5.26 Å². The third-order valence-electron chi connectivity index (χ3n) is 4.90. The van der Waals surface area contributed by atoms with E-state index in [1.165, 1.54) is 5.56 Å². The van der Waals surface area contributed by atoms with E-state index < -0.39 is 0 Å². The number of hydrogen-bond acceptors (Lipinski definition) is 5. The first-order valence-electron chi connectivity index (χ1n) is 8.77. The molecule has 5 nitrogen and oxygen atoms in total. The van der Waals surface area contributed by atoms with Gasteiger partial charge in [0.25, 0.3) is 0 Å². The van der Waals surface area contributed by atoms with Crippen LogP contribution in [0.3, 0.4) is 0 Å². The van der Waals surface area contributed by atoms with E-state index in [2.05, 4.69) is 40.2 Å². The molecular weight excluding hydrogens is 324 g/mol. The van der Waals surface area contributed by atoms with Gasteiger partial charge in [-0.25, -0.2) is 4.98 Å². The first kappa shape index (κ1) is 16.4. The fraction of sp³-hybridized carbons (Fsp3) is 0.238. The third kappa shape index (κ3) is 3.07. The zero-order chi connectivity index (χ0) is 17.9. The number of hydrogen-bond donors (Lipinski definition) is 1. The van der Waals surface area contributed by atoms with Crippen LogP contribution in [0.2, 0.25) is 0 Å². The average Bonchev–Trinajstić information content (AvgIpc) is 3.20. The van der Waals surface area contributed by atoms with Gasteiger partial charge in [0.2, 0.25) is 0 Å². The summed E-state index contributed by atoms with van der Waals surface area (Å²) in [5, 5.41) is 9.59. The summed E-state index contributed by atoms with van der Waals surface area (Å²) in [5.41, 5.74) is 10.6. The van der Waals surface area contributed by atoms with Gasteiger partial charge in [0.1, 0.15) is 23.2 Å². The largest absolute Gasteiger partial charge is 0.464 e. The van der Waals surface area contributed by atoms with Crippen molar-refractivity contribution >= 4 is 5.82 Å². The van der Waals surface area contributed by atoms with Crippen molar-refractivity contribution in [2.45, 2.75) is 19.4 Å². The van der Waals surface area contributed by atoms with E-state index in [-0.39, 0.29) is 5.82 Å². The first-order valence-corrected chi connectivity index (χ1v) is 8.77.